The van der Waals surface area contributed by atoms with E-state index in [0.29, 0.717) is 0 Å². The van der Waals surface area contributed by atoms with Gasteiger partial charge in [-0.1, -0.05) is 0 Å². The maximum Gasteiger partial charge on any atom is 0.173 e. The van der Waals surface area contributed by atoms with E-state index >= 15 is 0 Å². The van der Waals surface area contributed by atoms with E-state index < -0.39 is 37.3 Å². The van der Waals surface area contributed by atoms with E-state index in [1.807, 2.05) is 0 Å². The largest absolute Gasteiger partial charge is 0.394 e. The lowest BCUT2D eigenvalue weighted by Crippen LogP contribution is -2.61. The third kappa shape index (κ3) is 1.58. The normalized spacial score (nSPS) is 49.2. The lowest BCUT2D eigenvalue weighted by atomic mass is 9.98. The van der Waals surface area contributed by atoms with Crippen LogP contribution in [0.5, 0.6) is 0 Å². The summed E-state index contributed by atoms with van der Waals surface area (Å²) in [6, 6.07) is -1.04. The molecule has 0 aromatic rings. The second-order valence-corrected chi connectivity index (χ2v) is 2.81. The van der Waals surface area contributed by atoms with Crippen molar-refractivity contribution in [2.75, 3.05) is 6.61 Å². The number of ether oxygens (including phenoxy) is 1. The Bertz CT molecular complexity index is 150. The van der Waals surface area contributed by atoms with E-state index in [1.165, 1.54) is 0 Å². The zero-order valence-corrected chi connectivity index (χ0v) is 6.37. The molecular formula is C6H13NO5. The van der Waals surface area contributed by atoms with Crippen molar-refractivity contribution in [3.8, 4) is 0 Å². The molecule has 5 atom stereocenters. The minimum Gasteiger partial charge on any atom is -0.394 e. The van der Waals surface area contributed by atoms with Crippen LogP contribution in [0.3, 0.4) is 0 Å². The number of hydrogen-bond donors (Lipinski definition) is 5. The zero-order valence-electron chi connectivity index (χ0n) is 6.37. The summed E-state index contributed by atoms with van der Waals surface area (Å²) in [4.78, 5) is 0. The van der Waals surface area contributed by atoms with Crippen molar-refractivity contribution < 1.29 is 25.2 Å². The van der Waals surface area contributed by atoms with Crippen LogP contribution < -0.4 is 5.73 Å². The molecule has 0 radical (unpaired) electrons. The molecule has 1 fully saturated rings. The van der Waals surface area contributed by atoms with Crippen molar-refractivity contribution in [1.82, 2.24) is 0 Å². The minimum absolute atomic E-state index is 0.470. The third-order valence-corrected chi connectivity index (χ3v) is 1.95. The molecule has 1 aliphatic heterocycles. The van der Waals surface area contributed by atoms with Crippen LogP contribution in [0.1, 0.15) is 0 Å². The third-order valence-electron chi connectivity index (χ3n) is 1.95. The first-order valence-corrected chi connectivity index (χ1v) is 3.64. The molecule has 0 aromatic carbocycles. The molecule has 0 saturated carbocycles. The standard InChI is InChI=1S/C6H13NO5/c7-3-5(10)4(9)2(1-8)12-6(3)11/h2-6,8-11H,1,7H2/t2-,3+,4-,5-,6?/m0/s1. The van der Waals surface area contributed by atoms with Gasteiger partial charge in [0.2, 0.25) is 0 Å². The second-order valence-electron chi connectivity index (χ2n) is 2.81. The molecule has 72 valence electrons. The summed E-state index contributed by atoms with van der Waals surface area (Å²) in [5, 5.41) is 36.1. The molecule has 1 heterocycles. The molecule has 1 aliphatic rings. The van der Waals surface area contributed by atoms with Gasteiger partial charge in [0.15, 0.2) is 6.29 Å². The Morgan fingerprint density at radius 3 is 2.25 bits per heavy atom. The molecule has 0 bridgehead atoms. The average Bonchev–Trinajstić information content (AvgIpc) is 2.08. The van der Waals surface area contributed by atoms with Crippen molar-refractivity contribution in [3.05, 3.63) is 0 Å². The quantitative estimate of drug-likeness (QED) is 0.288. The van der Waals surface area contributed by atoms with Crippen molar-refractivity contribution in [1.29, 1.82) is 0 Å². The Morgan fingerprint density at radius 1 is 1.17 bits per heavy atom. The molecule has 1 rings (SSSR count). The van der Waals surface area contributed by atoms with Crippen LogP contribution in [0.25, 0.3) is 0 Å². The average molecular weight is 179 g/mol. The van der Waals surface area contributed by atoms with E-state index in [9.17, 15) is 10.2 Å². The fourth-order valence-electron chi connectivity index (χ4n) is 1.12. The van der Waals surface area contributed by atoms with Crippen molar-refractivity contribution in [2.24, 2.45) is 5.73 Å². The second kappa shape index (κ2) is 3.65. The first kappa shape index (κ1) is 9.85. The molecule has 6 nitrogen and oxygen atoms in total. The molecule has 6 heteroatoms. The molecule has 6 N–H and O–H groups in total. The number of rotatable bonds is 1. The fourth-order valence-corrected chi connectivity index (χ4v) is 1.12. The molecule has 1 unspecified atom stereocenters. The summed E-state index contributed by atoms with van der Waals surface area (Å²) >= 11 is 0. The van der Waals surface area contributed by atoms with E-state index in [2.05, 4.69) is 0 Å². The van der Waals surface area contributed by atoms with E-state index in [0.717, 1.165) is 0 Å². The van der Waals surface area contributed by atoms with Crippen LogP contribution in [-0.2, 0) is 4.74 Å². The van der Waals surface area contributed by atoms with Crippen LogP contribution in [0.15, 0.2) is 0 Å². The summed E-state index contributed by atoms with van der Waals surface area (Å²) in [6.45, 7) is -0.470. The highest BCUT2D eigenvalue weighted by Crippen LogP contribution is 2.17. The van der Waals surface area contributed by atoms with Gasteiger partial charge in [-0.25, -0.2) is 0 Å². The first-order valence-electron chi connectivity index (χ1n) is 3.64. The van der Waals surface area contributed by atoms with Crippen LogP contribution in [0.2, 0.25) is 0 Å². The van der Waals surface area contributed by atoms with Gasteiger partial charge in [0.1, 0.15) is 18.3 Å². The van der Waals surface area contributed by atoms with Crippen molar-refractivity contribution in [3.63, 3.8) is 0 Å². The summed E-state index contributed by atoms with van der Waals surface area (Å²) in [7, 11) is 0. The Hall–Kier alpha value is -0.240. The Labute approximate surface area is 69.2 Å². The van der Waals surface area contributed by atoms with Crippen molar-refractivity contribution in [2.45, 2.75) is 30.6 Å². The van der Waals surface area contributed by atoms with Gasteiger partial charge >= 0.3 is 0 Å². The van der Waals surface area contributed by atoms with Crippen molar-refractivity contribution >= 4 is 0 Å². The molecule has 0 aliphatic carbocycles. The maximum atomic E-state index is 9.20. The molecule has 0 spiro atoms. The number of hydrogen-bond acceptors (Lipinski definition) is 6. The summed E-state index contributed by atoms with van der Waals surface area (Å²) in [6.07, 6.45) is -4.85. The summed E-state index contributed by atoms with van der Waals surface area (Å²) in [5.41, 5.74) is 5.26. The van der Waals surface area contributed by atoms with Gasteiger partial charge < -0.3 is 30.9 Å². The Balaban J connectivity index is 2.63. The number of aliphatic hydroxyl groups excluding tert-OH is 4. The van der Waals surface area contributed by atoms with E-state index in [4.69, 9.17) is 20.7 Å². The molecule has 12 heavy (non-hydrogen) atoms. The maximum absolute atomic E-state index is 9.20. The molecule has 0 aromatic heterocycles. The predicted octanol–water partition coefficient (Wildman–Crippen LogP) is -3.25. The van der Waals surface area contributed by atoms with E-state index in [-0.39, 0.29) is 0 Å². The summed E-state index contributed by atoms with van der Waals surface area (Å²) in [5.74, 6) is 0. The van der Waals surface area contributed by atoms with Crippen LogP contribution >= 0.6 is 0 Å². The SMILES string of the molecule is N[C@H]1C(O)O[C@@H](CO)[C@H](O)[C@H]1O. The highest BCUT2D eigenvalue weighted by atomic mass is 16.6. The van der Waals surface area contributed by atoms with Crippen LogP contribution in [-0.4, -0.2) is 57.7 Å². The topological polar surface area (TPSA) is 116 Å². The van der Waals surface area contributed by atoms with E-state index in [1.54, 1.807) is 0 Å². The smallest absolute Gasteiger partial charge is 0.173 e. The Kier molecular flexibility index (Phi) is 2.99. The fraction of sp³-hybridized carbons (Fsp3) is 1.00. The van der Waals surface area contributed by atoms with Crippen LogP contribution in [0, 0.1) is 0 Å². The van der Waals surface area contributed by atoms with Gasteiger partial charge in [-0.15, -0.1) is 0 Å². The van der Waals surface area contributed by atoms with Gasteiger partial charge in [-0.05, 0) is 0 Å². The highest BCUT2D eigenvalue weighted by molar-refractivity contribution is 4.90. The lowest BCUT2D eigenvalue weighted by Gasteiger charge is -2.38. The predicted molar refractivity (Wildman–Crippen MR) is 38.0 cm³/mol. The minimum atomic E-state index is -1.35. The summed E-state index contributed by atoms with van der Waals surface area (Å²) < 4.78 is 4.70. The number of nitrogens with two attached hydrogens (primary N) is 1. The zero-order chi connectivity index (χ0) is 9.30. The van der Waals surface area contributed by atoms with Gasteiger partial charge in [0.05, 0.1) is 12.6 Å². The highest BCUT2D eigenvalue weighted by Gasteiger charge is 2.41. The lowest BCUT2D eigenvalue weighted by molar-refractivity contribution is -0.248. The van der Waals surface area contributed by atoms with Gasteiger partial charge in [0.25, 0.3) is 0 Å². The molecular weight excluding hydrogens is 166 g/mol. The number of aliphatic hydroxyl groups is 4. The first-order chi connectivity index (χ1) is 5.57. The van der Waals surface area contributed by atoms with Gasteiger partial charge in [-0.3, -0.25) is 0 Å². The van der Waals surface area contributed by atoms with Gasteiger partial charge in [-0.2, -0.15) is 0 Å². The molecule has 1 saturated heterocycles. The van der Waals surface area contributed by atoms with Crippen LogP contribution in [0.4, 0.5) is 0 Å². The monoisotopic (exact) mass is 179 g/mol. The Morgan fingerprint density at radius 2 is 1.75 bits per heavy atom. The molecule has 0 amide bonds. The van der Waals surface area contributed by atoms with Gasteiger partial charge in [0, 0.05) is 0 Å².